The lowest BCUT2D eigenvalue weighted by Crippen LogP contribution is -2.58. The number of hydrogen-bond donors (Lipinski definition) is 1. The predicted octanol–water partition coefficient (Wildman–Crippen LogP) is 3.77. The molecule has 0 aromatic carbocycles. The van der Waals surface area contributed by atoms with Crippen molar-refractivity contribution < 1.29 is 29.0 Å². The van der Waals surface area contributed by atoms with Crippen molar-refractivity contribution >= 4 is 17.5 Å². The van der Waals surface area contributed by atoms with Gasteiger partial charge < -0.3 is 14.6 Å². The summed E-state index contributed by atoms with van der Waals surface area (Å²) < 4.78 is 11.2. The molecule has 30 heavy (non-hydrogen) atoms. The quantitative estimate of drug-likeness (QED) is 0.371. The average molecular weight is 412 g/mol. The molecule has 2 atom stereocenters. The minimum Gasteiger partial charge on any atom is -0.465 e. The lowest BCUT2D eigenvalue weighted by atomic mass is 9.64. The lowest BCUT2D eigenvalue weighted by Gasteiger charge is -2.46. The number of ether oxygens (including phenoxy) is 2. The summed E-state index contributed by atoms with van der Waals surface area (Å²) in [5.74, 6) is -0.790. The molecule has 6 nitrogen and oxygen atoms in total. The fraction of sp³-hybridized carbons (Fsp3) is 0.458. The maximum Gasteiger partial charge on any atom is 0.343 e. The predicted molar refractivity (Wildman–Crippen MR) is 111 cm³/mol. The molecule has 0 saturated heterocycles. The zero-order chi connectivity index (χ0) is 22.1. The highest BCUT2D eigenvalue weighted by molar-refractivity contribution is 6.20. The number of rotatable bonds is 8. The summed E-state index contributed by atoms with van der Waals surface area (Å²) >= 11 is 0. The minimum absolute atomic E-state index is 0.0328. The first-order valence-corrected chi connectivity index (χ1v) is 10.3. The third-order valence-corrected chi connectivity index (χ3v) is 5.86. The van der Waals surface area contributed by atoms with E-state index in [1.165, 1.54) is 13.2 Å². The number of carbonyl (C=O) groups is 3. The van der Waals surface area contributed by atoms with Crippen LogP contribution in [0.5, 0.6) is 0 Å². The van der Waals surface area contributed by atoms with Crippen molar-refractivity contribution in [1.29, 1.82) is 0 Å². The van der Waals surface area contributed by atoms with Crippen molar-refractivity contribution in [2.75, 3.05) is 0 Å². The van der Waals surface area contributed by atoms with Gasteiger partial charge in [-0.1, -0.05) is 25.8 Å². The number of Topliss-reactive ketones (excluding diaryl/α,β-unsaturated/α-hetero) is 2. The molecule has 6 heteroatoms. The van der Waals surface area contributed by atoms with Gasteiger partial charge in [-0.25, -0.2) is 4.79 Å². The van der Waals surface area contributed by atoms with Gasteiger partial charge in [0.05, 0.1) is 6.26 Å². The van der Waals surface area contributed by atoms with E-state index < -0.39 is 17.2 Å². The fourth-order valence-corrected chi connectivity index (χ4v) is 4.29. The summed E-state index contributed by atoms with van der Waals surface area (Å²) in [6, 6.07) is 0. The van der Waals surface area contributed by atoms with Crippen LogP contribution < -0.4 is 0 Å². The van der Waals surface area contributed by atoms with Crippen LogP contribution in [0.4, 0.5) is 0 Å². The number of fused-ring (bicyclic) bond motifs is 2. The Labute approximate surface area is 176 Å². The van der Waals surface area contributed by atoms with Crippen molar-refractivity contribution in [3.05, 3.63) is 58.6 Å². The van der Waals surface area contributed by atoms with E-state index in [4.69, 9.17) is 9.47 Å². The SMILES string of the molecule is CC=CC1=CC2=CC3=C(C(=O)CCCCC)C(=O)OC3(C)C(O)(CC(C)=O)C2=CO1. The zero-order valence-electron chi connectivity index (χ0n) is 17.9. The van der Waals surface area contributed by atoms with Crippen LogP contribution in [0.25, 0.3) is 0 Å². The maximum atomic E-state index is 12.9. The Kier molecular flexibility index (Phi) is 5.99. The van der Waals surface area contributed by atoms with Crippen LogP contribution in [-0.4, -0.2) is 33.8 Å². The number of hydrogen-bond acceptors (Lipinski definition) is 6. The Morgan fingerprint density at radius 2 is 1.97 bits per heavy atom. The Balaban J connectivity index is 2.19. The van der Waals surface area contributed by atoms with Gasteiger partial charge in [-0.3, -0.25) is 9.59 Å². The van der Waals surface area contributed by atoms with E-state index in [1.807, 2.05) is 19.9 Å². The molecule has 0 amide bonds. The molecule has 2 unspecified atom stereocenters. The van der Waals surface area contributed by atoms with Gasteiger partial charge in [0.15, 0.2) is 11.4 Å². The van der Waals surface area contributed by atoms with Gasteiger partial charge in [0, 0.05) is 24.0 Å². The molecule has 2 aliphatic heterocycles. The zero-order valence-corrected chi connectivity index (χ0v) is 17.9. The van der Waals surface area contributed by atoms with Crippen LogP contribution in [-0.2, 0) is 23.9 Å². The Bertz CT molecular complexity index is 945. The molecule has 160 valence electrons. The molecule has 0 aromatic heterocycles. The summed E-state index contributed by atoms with van der Waals surface area (Å²) in [5.41, 5.74) is -2.18. The summed E-state index contributed by atoms with van der Waals surface area (Å²) in [6.45, 7) is 6.80. The van der Waals surface area contributed by atoms with Gasteiger partial charge >= 0.3 is 5.97 Å². The van der Waals surface area contributed by atoms with Crippen molar-refractivity contribution in [3.63, 3.8) is 0 Å². The Morgan fingerprint density at radius 1 is 1.23 bits per heavy atom. The van der Waals surface area contributed by atoms with Gasteiger partial charge in [-0.2, -0.15) is 0 Å². The van der Waals surface area contributed by atoms with Crippen molar-refractivity contribution in [2.24, 2.45) is 0 Å². The topological polar surface area (TPSA) is 89.9 Å². The van der Waals surface area contributed by atoms with Gasteiger partial charge in [0.25, 0.3) is 0 Å². The van der Waals surface area contributed by atoms with Crippen LogP contribution in [0.2, 0.25) is 0 Å². The molecule has 1 N–H and O–H groups in total. The van der Waals surface area contributed by atoms with Crippen molar-refractivity contribution in [3.8, 4) is 0 Å². The number of aliphatic hydroxyl groups is 1. The van der Waals surface area contributed by atoms with E-state index >= 15 is 0 Å². The van der Waals surface area contributed by atoms with E-state index in [9.17, 15) is 19.5 Å². The van der Waals surface area contributed by atoms with Crippen LogP contribution in [0.15, 0.2) is 58.6 Å². The molecule has 0 saturated carbocycles. The molecule has 0 aromatic rings. The molecule has 3 rings (SSSR count). The van der Waals surface area contributed by atoms with Gasteiger partial charge in [0.1, 0.15) is 22.7 Å². The minimum atomic E-state index is -1.85. The second-order valence-corrected chi connectivity index (χ2v) is 8.13. The number of esters is 1. The number of unbranched alkanes of at least 4 members (excludes halogenated alkanes) is 2. The molecular weight excluding hydrogens is 384 g/mol. The van der Waals surface area contributed by atoms with Crippen LogP contribution in [0, 0.1) is 0 Å². The first-order chi connectivity index (χ1) is 14.2. The van der Waals surface area contributed by atoms with E-state index in [1.54, 1.807) is 25.2 Å². The summed E-state index contributed by atoms with van der Waals surface area (Å²) in [7, 11) is 0. The molecule has 0 radical (unpaired) electrons. The van der Waals surface area contributed by atoms with Gasteiger partial charge in [-0.15, -0.1) is 0 Å². The molecular formula is C24H28O6. The third kappa shape index (κ3) is 3.49. The van der Waals surface area contributed by atoms with Crippen LogP contribution in [0.3, 0.4) is 0 Å². The first-order valence-electron chi connectivity index (χ1n) is 10.3. The number of ketones is 2. The first kappa shape index (κ1) is 22.0. The molecule has 0 bridgehead atoms. The second-order valence-electron chi connectivity index (χ2n) is 8.13. The fourth-order valence-electron chi connectivity index (χ4n) is 4.29. The van der Waals surface area contributed by atoms with Gasteiger partial charge in [-0.05, 0) is 51.0 Å². The number of carbonyl (C=O) groups excluding carboxylic acids is 3. The third-order valence-electron chi connectivity index (χ3n) is 5.86. The molecule has 3 aliphatic rings. The highest BCUT2D eigenvalue weighted by Crippen LogP contribution is 2.53. The van der Waals surface area contributed by atoms with Crippen molar-refractivity contribution in [1.82, 2.24) is 0 Å². The monoisotopic (exact) mass is 412 g/mol. The standard InChI is InChI=1S/C24H28O6/c1-5-7-8-10-20(26)21-18-12-16-11-17(9-6-2)29-14-19(16)24(28,13-15(3)25)23(18,4)30-22(21)27/h6,9,11-12,14,28H,5,7-8,10,13H2,1-4H3. The summed E-state index contributed by atoms with van der Waals surface area (Å²) in [5, 5.41) is 11.7. The summed E-state index contributed by atoms with van der Waals surface area (Å²) in [4.78, 5) is 37.7. The molecule has 0 fully saturated rings. The highest BCUT2D eigenvalue weighted by Gasteiger charge is 2.63. The van der Waals surface area contributed by atoms with Gasteiger partial charge in [0.2, 0.25) is 0 Å². The van der Waals surface area contributed by atoms with E-state index in [0.717, 1.165) is 12.8 Å². The average Bonchev–Trinajstić information content (AvgIpc) is 2.93. The Hall–Kier alpha value is -2.73. The van der Waals surface area contributed by atoms with E-state index in [-0.39, 0.29) is 30.0 Å². The van der Waals surface area contributed by atoms with E-state index in [2.05, 4.69) is 0 Å². The normalized spacial score (nSPS) is 27.6. The molecule has 1 aliphatic carbocycles. The van der Waals surface area contributed by atoms with Crippen LogP contribution >= 0.6 is 0 Å². The largest absolute Gasteiger partial charge is 0.465 e. The highest BCUT2D eigenvalue weighted by atomic mass is 16.6. The lowest BCUT2D eigenvalue weighted by molar-refractivity contribution is -0.167. The van der Waals surface area contributed by atoms with E-state index in [0.29, 0.717) is 28.9 Å². The second kappa shape index (κ2) is 8.19. The molecule has 0 spiro atoms. The maximum absolute atomic E-state index is 12.9. The smallest absolute Gasteiger partial charge is 0.343 e. The Morgan fingerprint density at radius 3 is 2.60 bits per heavy atom. The van der Waals surface area contributed by atoms with Crippen LogP contribution in [0.1, 0.15) is 59.8 Å². The molecule has 2 heterocycles. The summed E-state index contributed by atoms with van der Waals surface area (Å²) in [6.07, 6.45) is 10.8. The number of allylic oxidation sites excluding steroid dienone is 3. The van der Waals surface area contributed by atoms with Crippen molar-refractivity contribution in [2.45, 2.75) is 71.0 Å².